The lowest BCUT2D eigenvalue weighted by atomic mass is 10.1. The number of nitrogens with two attached hydrogens (primary N) is 1. The van der Waals surface area contributed by atoms with E-state index < -0.39 is 0 Å². The van der Waals surface area contributed by atoms with E-state index in [9.17, 15) is 4.79 Å². The number of nitrogens with zero attached hydrogens (tertiary/aromatic N) is 4. The SMILES string of the molecule is CC(C)N1CCN(c2ncccn2)CC1C(N)=O. The van der Waals surface area contributed by atoms with Gasteiger partial charge in [-0.25, -0.2) is 9.97 Å². The Kier molecular flexibility index (Phi) is 3.76. The molecule has 1 unspecified atom stereocenters. The van der Waals surface area contributed by atoms with Crippen LogP contribution in [-0.4, -0.2) is 52.5 Å². The summed E-state index contributed by atoms with van der Waals surface area (Å²) in [7, 11) is 0. The molecule has 2 rings (SSSR count). The van der Waals surface area contributed by atoms with Gasteiger partial charge in [-0.05, 0) is 19.9 Å². The monoisotopic (exact) mass is 249 g/mol. The molecule has 1 amide bonds. The predicted octanol–water partition coefficient (Wildman–Crippen LogP) is -0.139. The summed E-state index contributed by atoms with van der Waals surface area (Å²) in [5.74, 6) is 0.372. The molecule has 1 aliphatic heterocycles. The zero-order chi connectivity index (χ0) is 13.1. The molecule has 0 bridgehead atoms. The average Bonchev–Trinajstić information content (AvgIpc) is 2.39. The fourth-order valence-corrected chi connectivity index (χ4v) is 2.30. The summed E-state index contributed by atoms with van der Waals surface area (Å²) in [4.78, 5) is 24.1. The third-order valence-corrected chi connectivity index (χ3v) is 3.25. The van der Waals surface area contributed by atoms with Crippen molar-refractivity contribution in [2.24, 2.45) is 5.73 Å². The summed E-state index contributed by atoms with van der Waals surface area (Å²) >= 11 is 0. The van der Waals surface area contributed by atoms with Gasteiger partial charge in [0.15, 0.2) is 0 Å². The van der Waals surface area contributed by atoms with E-state index in [1.807, 2.05) is 4.90 Å². The van der Waals surface area contributed by atoms with Crippen molar-refractivity contribution in [2.75, 3.05) is 24.5 Å². The molecular formula is C12H19N5O. The molecule has 18 heavy (non-hydrogen) atoms. The Morgan fingerprint density at radius 2 is 2.06 bits per heavy atom. The van der Waals surface area contributed by atoms with E-state index in [0.29, 0.717) is 18.5 Å². The normalized spacial score (nSPS) is 21.3. The maximum Gasteiger partial charge on any atom is 0.236 e. The van der Waals surface area contributed by atoms with Crippen LogP contribution in [0.25, 0.3) is 0 Å². The predicted molar refractivity (Wildman–Crippen MR) is 69.1 cm³/mol. The van der Waals surface area contributed by atoms with Crippen molar-refractivity contribution in [3.05, 3.63) is 18.5 Å². The minimum absolute atomic E-state index is 0.275. The van der Waals surface area contributed by atoms with Gasteiger partial charge >= 0.3 is 0 Å². The average molecular weight is 249 g/mol. The van der Waals surface area contributed by atoms with Crippen molar-refractivity contribution < 1.29 is 4.79 Å². The zero-order valence-corrected chi connectivity index (χ0v) is 10.8. The van der Waals surface area contributed by atoms with Gasteiger partial charge in [-0.2, -0.15) is 0 Å². The summed E-state index contributed by atoms with van der Waals surface area (Å²) in [6.07, 6.45) is 3.41. The van der Waals surface area contributed by atoms with Gasteiger partial charge in [-0.15, -0.1) is 0 Å². The highest BCUT2D eigenvalue weighted by Gasteiger charge is 2.33. The number of primary amides is 1. The maximum atomic E-state index is 11.6. The van der Waals surface area contributed by atoms with Crippen LogP contribution in [0.4, 0.5) is 5.95 Å². The highest BCUT2D eigenvalue weighted by molar-refractivity contribution is 5.80. The molecule has 0 aromatic carbocycles. The molecule has 1 aromatic heterocycles. The molecule has 98 valence electrons. The first-order chi connectivity index (χ1) is 8.59. The number of rotatable bonds is 3. The zero-order valence-electron chi connectivity index (χ0n) is 10.8. The van der Waals surface area contributed by atoms with E-state index in [-0.39, 0.29) is 11.9 Å². The van der Waals surface area contributed by atoms with E-state index >= 15 is 0 Å². The van der Waals surface area contributed by atoms with E-state index in [2.05, 4.69) is 28.7 Å². The van der Waals surface area contributed by atoms with Crippen molar-refractivity contribution in [1.82, 2.24) is 14.9 Å². The third-order valence-electron chi connectivity index (χ3n) is 3.25. The van der Waals surface area contributed by atoms with Gasteiger partial charge in [0.05, 0.1) is 0 Å². The molecule has 1 aromatic rings. The second kappa shape index (κ2) is 5.30. The fraction of sp³-hybridized carbons (Fsp3) is 0.583. The molecule has 2 N–H and O–H groups in total. The molecule has 0 spiro atoms. The molecule has 0 saturated carbocycles. The number of amides is 1. The van der Waals surface area contributed by atoms with E-state index in [1.54, 1.807) is 18.5 Å². The van der Waals surface area contributed by atoms with Crippen molar-refractivity contribution in [3.8, 4) is 0 Å². The van der Waals surface area contributed by atoms with Crippen LogP contribution in [0, 0.1) is 0 Å². The van der Waals surface area contributed by atoms with Gasteiger partial charge in [0.25, 0.3) is 0 Å². The molecule has 1 aliphatic rings. The highest BCUT2D eigenvalue weighted by Crippen LogP contribution is 2.16. The fourth-order valence-electron chi connectivity index (χ4n) is 2.30. The lowest BCUT2D eigenvalue weighted by Crippen LogP contribution is -2.60. The second-order valence-electron chi connectivity index (χ2n) is 4.74. The molecule has 2 heterocycles. The smallest absolute Gasteiger partial charge is 0.236 e. The first-order valence-corrected chi connectivity index (χ1v) is 6.16. The van der Waals surface area contributed by atoms with Gasteiger partial charge in [-0.1, -0.05) is 0 Å². The molecular weight excluding hydrogens is 230 g/mol. The van der Waals surface area contributed by atoms with Crippen LogP contribution in [0.3, 0.4) is 0 Å². The first-order valence-electron chi connectivity index (χ1n) is 6.16. The first kappa shape index (κ1) is 12.8. The van der Waals surface area contributed by atoms with Crippen LogP contribution in [0.15, 0.2) is 18.5 Å². The molecule has 0 radical (unpaired) electrons. The van der Waals surface area contributed by atoms with Crippen LogP contribution in [0.5, 0.6) is 0 Å². The summed E-state index contributed by atoms with van der Waals surface area (Å²) < 4.78 is 0. The van der Waals surface area contributed by atoms with Gasteiger partial charge < -0.3 is 10.6 Å². The molecule has 1 fully saturated rings. The summed E-state index contributed by atoms with van der Waals surface area (Å²) in [5.41, 5.74) is 5.49. The van der Waals surface area contributed by atoms with Gasteiger partial charge in [0.2, 0.25) is 11.9 Å². The highest BCUT2D eigenvalue weighted by atomic mass is 16.1. The van der Waals surface area contributed by atoms with Crippen molar-refractivity contribution in [1.29, 1.82) is 0 Å². The molecule has 6 heteroatoms. The van der Waals surface area contributed by atoms with E-state index in [1.165, 1.54) is 0 Å². The number of anilines is 1. The van der Waals surface area contributed by atoms with Crippen LogP contribution < -0.4 is 10.6 Å². The molecule has 1 saturated heterocycles. The van der Waals surface area contributed by atoms with Crippen LogP contribution in [-0.2, 0) is 4.79 Å². The Hall–Kier alpha value is -1.69. The Morgan fingerprint density at radius 1 is 1.39 bits per heavy atom. The number of carbonyl (C=O) groups is 1. The maximum absolute atomic E-state index is 11.6. The largest absolute Gasteiger partial charge is 0.368 e. The van der Waals surface area contributed by atoms with Gasteiger partial charge in [0.1, 0.15) is 6.04 Å². The third kappa shape index (κ3) is 2.59. The van der Waals surface area contributed by atoms with Crippen LogP contribution in [0.2, 0.25) is 0 Å². The Morgan fingerprint density at radius 3 is 2.61 bits per heavy atom. The van der Waals surface area contributed by atoms with Crippen molar-refractivity contribution >= 4 is 11.9 Å². The summed E-state index contributed by atoms with van der Waals surface area (Å²) in [5, 5.41) is 0. The standard InChI is InChI=1S/C12H19N5O/c1-9(2)17-7-6-16(8-10(17)11(13)18)12-14-4-3-5-15-12/h3-5,9-10H,6-8H2,1-2H3,(H2,13,18). The van der Waals surface area contributed by atoms with Crippen molar-refractivity contribution in [3.63, 3.8) is 0 Å². The second-order valence-corrected chi connectivity index (χ2v) is 4.74. The summed E-state index contributed by atoms with van der Waals surface area (Å²) in [6.45, 7) is 6.31. The number of aromatic nitrogens is 2. The van der Waals surface area contributed by atoms with E-state index in [4.69, 9.17) is 5.73 Å². The minimum atomic E-state index is -0.288. The van der Waals surface area contributed by atoms with Crippen LogP contribution >= 0.6 is 0 Å². The number of hydrogen-bond acceptors (Lipinski definition) is 5. The molecule has 1 atom stereocenters. The Labute approximate surface area is 107 Å². The Bertz CT molecular complexity index is 408. The lowest BCUT2D eigenvalue weighted by Gasteiger charge is -2.41. The van der Waals surface area contributed by atoms with Gasteiger partial charge in [0, 0.05) is 38.1 Å². The lowest BCUT2D eigenvalue weighted by molar-refractivity contribution is -0.124. The molecule has 6 nitrogen and oxygen atoms in total. The summed E-state index contributed by atoms with van der Waals surface area (Å²) in [6, 6.07) is 1.81. The topological polar surface area (TPSA) is 75.3 Å². The number of carbonyl (C=O) groups excluding carboxylic acids is 1. The minimum Gasteiger partial charge on any atom is -0.368 e. The molecule has 0 aliphatic carbocycles. The van der Waals surface area contributed by atoms with Gasteiger partial charge in [-0.3, -0.25) is 9.69 Å². The quantitative estimate of drug-likeness (QED) is 0.807. The Balaban J connectivity index is 2.14. The van der Waals surface area contributed by atoms with Crippen LogP contribution in [0.1, 0.15) is 13.8 Å². The van der Waals surface area contributed by atoms with Crippen molar-refractivity contribution in [2.45, 2.75) is 25.9 Å². The van der Waals surface area contributed by atoms with E-state index in [0.717, 1.165) is 13.1 Å². The number of piperazine rings is 1. The number of hydrogen-bond donors (Lipinski definition) is 1.